The third kappa shape index (κ3) is 1.83. The van der Waals surface area contributed by atoms with Gasteiger partial charge in [-0.05, 0) is 26.7 Å². The molecule has 0 amide bonds. The Hall–Kier alpha value is -0.230. The van der Waals surface area contributed by atoms with Crippen molar-refractivity contribution >= 4 is 10.0 Å². The summed E-state index contributed by atoms with van der Waals surface area (Å²) in [6.45, 7) is 3.22. The van der Waals surface area contributed by atoms with Crippen LogP contribution in [0.5, 0.6) is 0 Å². The second kappa shape index (κ2) is 3.16. The van der Waals surface area contributed by atoms with E-state index in [9.17, 15) is 17.2 Å². The topological polar surface area (TPSA) is 46.2 Å². The summed E-state index contributed by atoms with van der Waals surface area (Å²) in [7, 11) is -3.85. The minimum absolute atomic E-state index is 0.0622. The Morgan fingerprint density at radius 3 is 2.00 bits per heavy atom. The van der Waals surface area contributed by atoms with Crippen LogP contribution in [0.4, 0.5) is 8.78 Å². The minimum atomic E-state index is -3.85. The largest absolute Gasteiger partial charge is 0.259 e. The third-order valence-electron chi connectivity index (χ3n) is 2.07. The number of hydrogen-bond donors (Lipinski definition) is 1. The number of alkyl halides is 2. The fourth-order valence-corrected chi connectivity index (χ4v) is 2.88. The van der Waals surface area contributed by atoms with E-state index in [0.29, 0.717) is 0 Å². The maximum Gasteiger partial charge on any atom is 0.259 e. The molecule has 1 N–H and O–H groups in total. The van der Waals surface area contributed by atoms with Gasteiger partial charge in [-0.25, -0.2) is 21.9 Å². The van der Waals surface area contributed by atoms with Crippen molar-refractivity contribution < 1.29 is 17.2 Å². The maximum atomic E-state index is 12.4. The molecule has 1 aliphatic carbocycles. The first-order valence-corrected chi connectivity index (χ1v) is 5.60. The van der Waals surface area contributed by atoms with E-state index < -0.39 is 21.2 Å². The lowest BCUT2D eigenvalue weighted by Crippen LogP contribution is -2.43. The molecule has 0 unspecified atom stereocenters. The Morgan fingerprint density at radius 1 is 1.31 bits per heavy atom. The van der Waals surface area contributed by atoms with Crippen LogP contribution >= 0.6 is 0 Å². The molecule has 0 aromatic carbocycles. The smallest absolute Gasteiger partial charge is 0.212 e. The summed E-state index contributed by atoms with van der Waals surface area (Å²) >= 11 is 0. The van der Waals surface area contributed by atoms with Crippen molar-refractivity contribution in [2.75, 3.05) is 0 Å². The molecule has 13 heavy (non-hydrogen) atoms. The molecule has 1 saturated carbocycles. The standard InChI is InChI=1S/C7H13F2NO2S/c1-5(2)10-13(11,12)7(3-4-7)6(8)9/h5-6,10H,3-4H2,1-2H3. The van der Waals surface area contributed by atoms with Gasteiger partial charge in [0.1, 0.15) is 4.75 Å². The zero-order valence-corrected chi connectivity index (χ0v) is 8.37. The van der Waals surface area contributed by atoms with Crippen LogP contribution in [0.1, 0.15) is 26.7 Å². The average molecular weight is 213 g/mol. The molecular formula is C7H13F2NO2S. The zero-order valence-electron chi connectivity index (χ0n) is 7.55. The second-order valence-corrected chi connectivity index (χ2v) is 5.70. The van der Waals surface area contributed by atoms with Crippen molar-refractivity contribution in [1.29, 1.82) is 0 Å². The van der Waals surface area contributed by atoms with E-state index in [1.807, 2.05) is 0 Å². The highest BCUT2D eigenvalue weighted by Gasteiger charge is 2.61. The molecule has 1 rings (SSSR count). The summed E-state index contributed by atoms with van der Waals surface area (Å²) in [6, 6.07) is -0.332. The highest BCUT2D eigenvalue weighted by molar-refractivity contribution is 7.91. The number of hydrogen-bond acceptors (Lipinski definition) is 2. The fourth-order valence-electron chi connectivity index (χ4n) is 1.16. The Bertz CT molecular complexity index is 283. The molecule has 3 nitrogen and oxygen atoms in total. The van der Waals surface area contributed by atoms with E-state index in [1.165, 1.54) is 0 Å². The average Bonchev–Trinajstić information content (AvgIpc) is 2.60. The normalized spacial score (nSPS) is 21.1. The van der Waals surface area contributed by atoms with Crippen LogP contribution < -0.4 is 4.72 Å². The Morgan fingerprint density at radius 2 is 1.77 bits per heavy atom. The molecule has 1 fully saturated rings. The Labute approximate surface area is 76.6 Å². The number of nitrogens with one attached hydrogen (secondary N) is 1. The molecule has 0 spiro atoms. The first kappa shape index (κ1) is 10.8. The number of sulfonamides is 1. The summed E-state index contributed by atoms with van der Waals surface area (Å²) < 4.78 is 48.0. The van der Waals surface area contributed by atoms with E-state index in [-0.39, 0.29) is 18.9 Å². The first-order chi connectivity index (χ1) is 5.82. The second-order valence-electron chi connectivity index (χ2n) is 3.64. The van der Waals surface area contributed by atoms with E-state index in [4.69, 9.17) is 0 Å². The molecule has 0 heterocycles. The Balaban J connectivity index is 2.82. The number of halogens is 2. The minimum Gasteiger partial charge on any atom is -0.212 e. The van der Waals surface area contributed by atoms with Crippen LogP contribution in [0.2, 0.25) is 0 Å². The van der Waals surface area contributed by atoms with Crippen molar-refractivity contribution in [2.45, 2.75) is 43.9 Å². The molecule has 0 aromatic heterocycles. The lowest BCUT2D eigenvalue weighted by Gasteiger charge is -2.17. The summed E-state index contributed by atoms with van der Waals surface area (Å²) in [5.41, 5.74) is 0. The molecule has 0 saturated heterocycles. The molecule has 0 aromatic rings. The molecule has 0 radical (unpaired) electrons. The van der Waals surface area contributed by atoms with Crippen molar-refractivity contribution in [3.8, 4) is 0 Å². The van der Waals surface area contributed by atoms with Crippen LogP contribution in [0.15, 0.2) is 0 Å². The van der Waals surface area contributed by atoms with E-state index in [2.05, 4.69) is 4.72 Å². The van der Waals surface area contributed by atoms with Crippen LogP contribution in [0.3, 0.4) is 0 Å². The third-order valence-corrected chi connectivity index (χ3v) is 4.51. The predicted octanol–water partition coefficient (Wildman–Crippen LogP) is 1.11. The van der Waals surface area contributed by atoms with Gasteiger partial charge in [0.05, 0.1) is 0 Å². The fraction of sp³-hybridized carbons (Fsp3) is 1.00. The van der Waals surface area contributed by atoms with Gasteiger partial charge in [-0.2, -0.15) is 0 Å². The van der Waals surface area contributed by atoms with Gasteiger partial charge in [-0.1, -0.05) is 0 Å². The van der Waals surface area contributed by atoms with Crippen LogP contribution in [-0.4, -0.2) is 25.6 Å². The highest BCUT2D eigenvalue weighted by Crippen LogP contribution is 2.47. The SMILES string of the molecule is CC(C)NS(=O)(=O)C1(C(F)F)CC1. The van der Waals surface area contributed by atoms with Crippen molar-refractivity contribution in [3.05, 3.63) is 0 Å². The molecule has 0 bridgehead atoms. The van der Waals surface area contributed by atoms with Crippen LogP contribution in [-0.2, 0) is 10.0 Å². The van der Waals surface area contributed by atoms with Crippen LogP contribution in [0.25, 0.3) is 0 Å². The van der Waals surface area contributed by atoms with Crippen LogP contribution in [0, 0.1) is 0 Å². The maximum absolute atomic E-state index is 12.4. The van der Waals surface area contributed by atoms with Crippen molar-refractivity contribution in [3.63, 3.8) is 0 Å². The molecule has 0 aliphatic heterocycles. The number of rotatable bonds is 4. The van der Waals surface area contributed by atoms with Crippen molar-refractivity contribution in [1.82, 2.24) is 4.72 Å². The molecule has 78 valence electrons. The lowest BCUT2D eigenvalue weighted by atomic mass is 10.4. The lowest BCUT2D eigenvalue weighted by molar-refractivity contribution is 0.132. The van der Waals surface area contributed by atoms with Gasteiger partial charge in [0.2, 0.25) is 10.0 Å². The van der Waals surface area contributed by atoms with E-state index in [0.717, 1.165) is 0 Å². The summed E-state index contributed by atoms with van der Waals surface area (Å²) in [4.78, 5) is 0. The monoisotopic (exact) mass is 213 g/mol. The Kier molecular flexibility index (Phi) is 2.64. The van der Waals surface area contributed by atoms with Gasteiger partial charge in [0.15, 0.2) is 0 Å². The molecular weight excluding hydrogens is 200 g/mol. The quantitative estimate of drug-likeness (QED) is 0.760. The molecule has 0 atom stereocenters. The van der Waals surface area contributed by atoms with Crippen molar-refractivity contribution in [2.24, 2.45) is 0 Å². The summed E-state index contributed by atoms with van der Waals surface area (Å²) in [5, 5.41) is 0. The van der Waals surface area contributed by atoms with Gasteiger partial charge in [0.25, 0.3) is 6.43 Å². The summed E-state index contributed by atoms with van der Waals surface area (Å²) in [6.07, 6.45) is -2.66. The predicted molar refractivity (Wildman–Crippen MR) is 45.2 cm³/mol. The van der Waals surface area contributed by atoms with Gasteiger partial charge < -0.3 is 0 Å². The van der Waals surface area contributed by atoms with E-state index >= 15 is 0 Å². The van der Waals surface area contributed by atoms with E-state index in [1.54, 1.807) is 13.8 Å². The summed E-state index contributed by atoms with van der Waals surface area (Å²) in [5.74, 6) is 0. The van der Waals surface area contributed by atoms with Gasteiger partial charge in [-0.15, -0.1) is 0 Å². The molecule has 1 aliphatic rings. The van der Waals surface area contributed by atoms with Gasteiger partial charge in [0, 0.05) is 6.04 Å². The van der Waals surface area contributed by atoms with Gasteiger partial charge in [-0.3, -0.25) is 0 Å². The zero-order chi connectivity index (χ0) is 10.3. The molecule has 6 heteroatoms. The highest BCUT2D eigenvalue weighted by atomic mass is 32.2. The van der Waals surface area contributed by atoms with Gasteiger partial charge >= 0.3 is 0 Å². The first-order valence-electron chi connectivity index (χ1n) is 4.12.